The second kappa shape index (κ2) is 9.13. The molecule has 8 nitrogen and oxygen atoms in total. The Morgan fingerprint density at radius 3 is 2.76 bits per heavy atom. The molecule has 4 rings (SSSR count). The number of anilines is 1. The minimum Gasteiger partial charge on any atom is -0.454 e. The highest BCUT2D eigenvalue weighted by Crippen LogP contribution is 2.32. The predicted octanol–water partition coefficient (Wildman–Crippen LogP) is 2.74. The van der Waals surface area contributed by atoms with Gasteiger partial charge in [-0.05, 0) is 49.1 Å². The first kappa shape index (κ1) is 19.5. The average Bonchev–Trinajstić information content (AvgIpc) is 3.49. The number of fused-ring (bicyclic) bond motifs is 1. The lowest BCUT2D eigenvalue weighted by Crippen LogP contribution is -2.22. The topological polar surface area (TPSA) is 102 Å². The van der Waals surface area contributed by atoms with Crippen LogP contribution in [0.3, 0.4) is 0 Å². The van der Waals surface area contributed by atoms with Crippen LogP contribution in [0.25, 0.3) is 0 Å². The first-order valence-electron chi connectivity index (χ1n) is 9.60. The summed E-state index contributed by atoms with van der Waals surface area (Å²) in [6, 6.07) is 9.24. The highest BCUT2D eigenvalue weighted by Gasteiger charge is 2.29. The van der Waals surface area contributed by atoms with E-state index in [4.69, 9.17) is 9.47 Å². The Kier molecular flexibility index (Phi) is 6.14. The Labute approximate surface area is 172 Å². The SMILES string of the molecule is O=C(CCCSc1ccc(NC(=O)C2CC2)nn1)NCc1ccc2c(c1)OCO2. The molecule has 0 atom stereocenters. The average molecular weight is 414 g/mol. The number of aromatic nitrogens is 2. The molecule has 2 aromatic rings. The van der Waals surface area contributed by atoms with Crippen molar-refractivity contribution < 1.29 is 19.1 Å². The van der Waals surface area contributed by atoms with Gasteiger partial charge in [0, 0.05) is 24.6 Å². The molecule has 1 aromatic carbocycles. The summed E-state index contributed by atoms with van der Waals surface area (Å²) in [6.07, 6.45) is 3.09. The quantitative estimate of drug-likeness (QED) is 0.480. The summed E-state index contributed by atoms with van der Waals surface area (Å²) in [7, 11) is 0. The minimum atomic E-state index is 0.00693. The molecule has 1 fully saturated rings. The van der Waals surface area contributed by atoms with Crippen LogP contribution in [-0.2, 0) is 16.1 Å². The molecule has 2 N–H and O–H groups in total. The Hall–Kier alpha value is -2.81. The number of rotatable bonds is 9. The van der Waals surface area contributed by atoms with E-state index in [1.807, 2.05) is 24.3 Å². The molecule has 2 amide bonds. The second-order valence-electron chi connectivity index (χ2n) is 6.94. The summed E-state index contributed by atoms with van der Waals surface area (Å²) in [4.78, 5) is 23.7. The van der Waals surface area contributed by atoms with Gasteiger partial charge in [0.25, 0.3) is 0 Å². The van der Waals surface area contributed by atoms with Gasteiger partial charge in [-0.15, -0.1) is 22.0 Å². The monoisotopic (exact) mass is 414 g/mol. The number of hydrogen-bond donors (Lipinski definition) is 2. The number of carbonyl (C=O) groups excluding carboxylic acids is 2. The maximum atomic E-state index is 12.0. The van der Waals surface area contributed by atoms with E-state index >= 15 is 0 Å². The molecule has 2 aliphatic rings. The van der Waals surface area contributed by atoms with Crippen molar-refractivity contribution in [3.63, 3.8) is 0 Å². The van der Waals surface area contributed by atoms with Gasteiger partial charge in [-0.1, -0.05) is 6.07 Å². The third-order valence-electron chi connectivity index (χ3n) is 4.56. The smallest absolute Gasteiger partial charge is 0.231 e. The summed E-state index contributed by atoms with van der Waals surface area (Å²) >= 11 is 1.54. The largest absolute Gasteiger partial charge is 0.454 e. The normalized spacial score (nSPS) is 14.5. The first-order valence-corrected chi connectivity index (χ1v) is 10.6. The number of amides is 2. The van der Waals surface area contributed by atoms with Gasteiger partial charge in [-0.25, -0.2) is 0 Å². The van der Waals surface area contributed by atoms with Crippen LogP contribution in [0.5, 0.6) is 11.5 Å². The molecule has 1 aliphatic heterocycles. The number of benzene rings is 1. The van der Waals surface area contributed by atoms with Gasteiger partial charge in [0.2, 0.25) is 18.6 Å². The number of ether oxygens (including phenoxy) is 2. The highest BCUT2D eigenvalue weighted by molar-refractivity contribution is 7.99. The molecular weight excluding hydrogens is 392 g/mol. The molecule has 9 heteroatoms. The maximum absolute atomic E-state index is 12.0. The summed E-state index contributed by atoms with van der Waals surface area (Å²) in [5.41, 5.74) is 0.973. The second-order valence-corrected chi connectivity index (χ2v) is 8.05. The Morgan fingerprint density at radius 2 is 1.97 bits per heavy atom. The minimum absolute atomic E-state index is 0.00693. The predicted molar refractivity (Wildman–Crippen MR) is 108 cm³/mol. The number of carbonyl (C=O) groups is 2. The summed E-state index contributed by atoms with van der Waals surface area (Å²) in [5.74, 6) is 2.86. The summed E-state index contributed by atoms with van der Waals surface area (Å²) in [5, 5.41) is 14.6. The van der Waals surface area contributed by atoms with Crippen LogP contribution < -0.4 is 20.1 Å². The molecular formula is C20H22N4O4S. The van der Waals surface area contributed by atoms with Crippen molar-refractivity contribution in [2.75, 3.05) is 17.9 Å². The van der Waals surface area contributed by atoms with Crippen LogP contribution in [-0.4, -0.2) is 34.6 Å². The van der Waals surface area contributed by atoms with Gasteiger partial charge < -0.3 is 20.1 Å². The Bertz CT molecular complexity index is 887. The van der Waals surface area contributed by atoms with E-state index in [9.17, 15) is 9.59 Å². The van der Waals surface area contributed by atoms with Crippen LogP contribution in [0.15, 0.2) is 35.4 Å². The van der Waals surface area contributed by atoms with Gasteiger partial charge in [-0.2, -0.15) is 0 Å². The van der Waals surface area contributed by atoms with Crippen molar-refractivity contribution >= 4 is 29.4 Å². The molecule has 0 unspecified atom stereocenters. The van der Waals surface area contributed by atoms with E-state index in [2.05, 4.69) is 20.8 Å². The van der Waals surface area contributed by atoms with Crippen molar-refractivity contribution in [2.24, 2.45) is 5.92 Å². The van der Waals surface area contributed by atoms with Crippen molar-refractivity contribution in [1.82, 2.24) is 15.5 Å². The van der Waals surface area contributed by atoms with Crippen molar-refractivity contribution in [1.29, 1.82) is 0 Å². The van der Waals surface area contributed by atoms with E-state index in [1.165, 1.54) is 11.8 Å². The van der Waals surface area contributed by atoms with Crippen LogP contribution >= 0.6 is 11.8 Å². The van der Waals surface area contributed by atoms with Crippen molar-refractivity contribution in [3.05, 3.63) is 35.9 Å². The molecule has 0 saturated heterocycles. The third kappa shape index (κ3) is 5.60. The zero-order valence-electron chi connectivity index (χ0n) is 15.8. The van der Waals surface area contributed by atoms with Crippen LogP contribution in [0.2, 0.25) is 0 Å². The van der Waals surface area contributed by atoms with Gasteiger partial charge in [0.05, 0.1) is 0 Å². The van der Waals surface area contributed by atoms with Gasteiger partial charge in [0.15, 0.2) is 17.3 Å². The van der Waals surface area contributed by atoms with Crippen molar-refractivity contribution in [2.45, 2.75) is 37.3 Å². The number of nitrogens with zero attached hydrogens (tertiary/aromatic N) is 2. The molecule has 0 bridgehead atoms. The zero-order valence-corrected chi connectivity index (χ0v) is 16.7. The fraction of sp³-hybridized carbons (Fsp3) is 0.400. The molecule has 1 aromatic heterocycles. The fourth-order valence-electron chi connectivity index (χ4n) is 2.79. The fourth-order valence-corrected chi connectivity index (χ4v) is 3.55. The van der Waals surface area contributed by atoms with E-state index in [0.29, 0.717) is 24.5 Å². The highest BCUT2D eigenvalue weighted by atomic mass is 32.2. The van der Waals surface area contributed by atoms with Gasteiger partial charge in [-0.3, -0.25) is 9.59 Å². The van der Waals surface area contributed by atoms with Gasteiger partial charge in [0.1, 0.15) is 5.03 Å². The summed E-state index contributed by atoms with van der Waals surface area (Å²) in [6.45, 7) is 0.702. The summed E-state index contributed by atoms with van der Waals surface area (Å²) < 4.78 is 10.6. The molecule has 29 heavy (non-hydrogen) atoms. The number of thioether (sulfide) groups is 1. The van der Waals surface area contributed by atoms with E-state index in [1.54, 1.807) is 6.07 Å². The first-order chi connectivity index (χ1) is 14.2. The Morgan fingerprint density at radius 1 is 1.10 bits per heavy atom. The van der Waals surface area contributed by atoms with Crippen LogP contribution in [0.4, 0.5) is 5.82 Å². The van der Waals surface area contributed by atoms with E-state index in [0.717, 1.165) is 41.4 Å². The standard InChI is InChI=1S/C20H22N4O4S/c25-18(21-11-13-3-6-15-16(10-13)28-12-27-15)2-1-9-29-19-8-7-17(23-24-19)22-20(26)14-4-5-14/h3,6-8,10,14H,1-2,4-5,9,11-12H2,(H,21,25)(H,22,23,26). The lowest BCUT2D eigenvalue weighted by Gasteiger charge is -2.06. The number of nitrogens with one attached hydrogen (secondary N) is 2. The molecule has 2 heterocycles. The molecule has 152 valence electrons. The van der Waals surface area contributed by atoms with Gasteiger partial charge >= 0.3 is 0 Å². The lowest BCUT2D eigenvalue weighted by molar-refractivity contribution is -0.121. The van der Waals surface area contributed by atoms with Crippen LogP contribution in [0.1, 0.15) is 31.2 Å². The van der Waals surface area contributed by atoms with E-state index < -0.39 is 0 Å². The molecule has 0 radical (unpaired) electrons. The zero-order chi connectivity index (χ0) is 20.1. The van der Waals surface area contributed by atoms with Crippen LogP contribution in [0, 0.1) is 5.92 Å². The lowest BCUT2D eigenvalue weighted by atomic mass is 10.2. The molecule has 1 aliphatic carbocycles. The van der Waals surface area contributed by atoms with Crippen molar-refractivity contribution in [3.8, 4) is 11.5 Å². The molecule has 0 spiro atoms. The number of hydrogen-bond acceptors (Lipinski definition) is 7. The maximum Gasteiger partial charge on any atom is 0.231 e. The molecule has 1 saturated carbocycles. The Balaban J connectivity index is 1.12. The third-order valence-corrected chi connectivity index (χ3v) is 5.57. The van der Waals surface area contributed by atoms with E-state index in [-0.39, 0.29) is 24.5 Å².